The zero-order chi connectivity index (χ0) is 27.7. The van der Waals surface area contributed by atoms with Gasteiger partial charge >= 0.3 is 5.97 Å². The van der Waals surface area contributed by atoms with Crippen molar-refractivity contribution < 1.29 is 14.4 Å². The standard InChI is InChI=1S/C33H48N2O3/c1-24(25-16-11-9-12-17-25)34-22-27(23-37-35-32(5,6)20-15-21-33(35,7)8)28(30(36)38-31(2,3)4)29(34)26-18-13-10-14-19-26/h9-14,16-19,24,27-29H,15,20-23H2,1-8H3/t24-,27?,28+,29-/m1/s1. The predicted molar refractivity (Wildman–Crippen MR) is 153 cm³/mol. The first-order chi connectivity index (χ1) is 17.8. The summed E-state index contributed by atoms with van der Waals surface area (Å²) < 4.78 is 6.08. The zero-order valence-corrected chi connectivity index (χ0v) is 24.7. The minimum atomic E-state index is -0.557. The Balaban J connectivity index is 1.71. The number of likely N-dealkylation sites (tertiary alicyclic amines) is 1. The summed E-state index contributed by atoms with van der Waals surface area (Å²) in [5.74, 6) is -0.478. The van der Waals surface area contributed by atoms with Gasteiger partial charge in [-0.25, -0.2) is 0 Å². The summed E-state index contributed by atoms with van der Waals surface area (Å²) in [6.45, 7) is 18.4. The van der Waals surface area contributed by atoms with E-state index >= 15 is 0 Å². The van der Waals surface area contributed by atoms with Gasteiger partial charge in [0.2, 0.25) is 0 Å². The van der Waals surface area contributed by atoms with Crippen molar-refractivity contribution in [1.82, 2.24) is 9.96 Å². The highest BCUT2D eigenvalue weighted by Gasteiger charge is 2.51. The van der Waals surface area contributed by atoms with E-state index in [-0.39, 0.29) is 41.0 Å². The molecule has 2 aliphatic heterocycles. The summed E-state index contributed by atoms with van der Waals surface area (Å²) in [6, 6.07) is 21.1. The van der Waals surface area contributed by atoms with Crippen LogP contribution < -0.4 is 0 Å². The predicted octanol–water partition coefficient (Wildman–Crippen LogP) is 7.35. The lowest BCUT2D eigenvalue weighted by molar-refractivity contribution is -0.287. The van der Waals surface area contributed by atoms with E-state index in [1.165, 1.54) is 12.0 Å². The van der Waals surface area contributed by atoms with E-state index in [0.29, 0.717) is 6.61 Å². The fraction of sp³-hybridized carbons (Fsp3) is 0.606. The van der Waals surface area contributed by atoms with Crippen LogP contribution in [0.1, 0.15) is 97.9 Å². The molecule has 0 aliphatic carbocycles. The smallest absolute Gasteiger partial charge is 0.311 e. The van der Waals surface area contributed by atoms with Crippen LogP contribution in [0.4, 0.5) is 0 Å². The lowest BCUT2D eigenvalue weighted by Crippen LogP contribution is -2.58. The van der Waals surface area contributed by atoms with Gasteiger partial charge in [-0.05, 0) is 85.8 Å². The largest absolute Gasteiger partial charge is 0.460 e. The Morgan fingerprint density at radius 2 is 1.50 bits per heavy atom. The third kappa shape index (κ3) is 6.32. The van der Waals surface area contributed by atoms with E-state index in [1.807, 2.05) is 26.8 Å². The minimum Gasteiger partial charge on any atom is -0.460 e. The van der Waals surface area contributed by atoms with Crippen LogP contribution in [-0.2, 0) is 14.4 Å². The first-order valence-electron chi connectivity index (χ1n) is 14.3. The Labute approximate surface area is 230 Å². The van der Waals surface area contributed by atoms with Crippen molar-refractivity contribution in [3.63, 3.8) is 0 Å². The first-order valence-corrected chi connectivity index (χ1v) is 14.3. The van der Waals surface area contributed by atoms with E-state index in [2.05, 4.69) is 99.2 Å². The molecule has 2 aromatic carbocycles. The van der Waals surface area contributed by atoms with Crippen molar-refractivity contribution in [2.45, 2.75) is 103 Å². The van der Waals surface area contributed by atoms with E-state index in [1.54, 1.807) is 0 Å². The molecular weight excluding hydrogens is 472 g/mol. The first kappa shape index (κ1) is 28.8. The summed E-state index contributed by atoms with van der Waals surface area (Å²) in [5.41, 5.74) is 1.72. The van der Waals surface area contributed by atoms with E-state index in [9.17, 15) is 4.79 Å². The maximum atomic E-state index is 13.9. The van der Waals surface area contributed by atoms with Crippen molar-refractivity contribution in [3.8, 4) is 0 Å². The van der Waals surface area contributed by atoms with Crippen LogP contribution in [0.25, 0.3) is 0 Å². The number of benzene rings is 2. The Bertz CT molecular complexity index is 1040. The molecule has 0 amide bonds. The van der Waals surface area contributed by atoms with Crippen LogP contribution >= 0.6 is 0 Å². The number of nitrogens with zero attached hydrogens (tertiary/aromatic N) is 2. The van der Waals surface area contributed by atoms with Crippen molar-refractivity contribution in [3.05, 3.63) is 71.8 Å². The SMILES string of the molecule is C[C@H](c1ccccc1)N1CC(CON2C(C)(C)CCCC2(C)C)[C@H](C(=O)OC(C)(C)C)[C@H]1c1ccccc1. The summed E-state index contributed by atoms with van der Waals surface area (Å²) in [7, 11) is 0. The van der Waals surface area contributed by atoms with Crippen LogP contribution in [0, 0.1) is 11.8 Å². The number of esters is 1. The summed E-state index contributed by atoms with van der Waals surface area (Å²) in [4.78, 5) is 23.2. The van der Waals surface area contributed by atoms with Gasteiger partial charge in [0, 0.05) is 35.6 Å². The van der Waals surface area contributed by atoms with Crippen molar-refractivity contribution in [1.29, 1.82) is 0 Å². The zero-order valence-electron chi connectivity index (χ0n) is 24.7. The summed E-state index contributed by atoms with van der Waals surface area (Å²) in [5, 5.41) is 2.22. The molecule has 2 heterocycles. The molecule has 2 fully saturated rings. The molecular formula is C33H48N2O3. The topological polar surface area (TPSA) is 42.0 Å². The molecule has 0 N–H and O–H groups in total. The van der Waals surface area contributed by atoms with E-state index in [0.717, 1.165) is 24.9 Å². The maximum absolute atomic E-state index is 13.9. The van der Waals surface area contributed by atoms with Crippen LogP contribution in [0.2, 0.25) is 0 Å². The minimum absolute atomic E-state index is 0.00487. The number of hydrogen-bond donors (Lipinski definition) is 0. The Hall–Kier alpha value is -2.21. The third-order valence-electron chi connectivity index (χ3n) is 8.34. The second kappa shape index (κ2) is 11.1. The van der Waals surface area contributed by atoms with Crippen molar-refractivity contribution in [2.75, 3.05) is 13.2 Å². The maximum Gasteiger partial charge on any atom is 0.311 e. The lowest BCUT2D eigenvalue weighted by Gasteiger charge is -2.51. The Morgan fingerprint density at radius 3 is 2.05 bits per heavy atom. The number of ether oxygens (including phenoxy) is 1. The summed E-state index contributed by atoms with van der Waals surface area (Å²) in [6.07, 6.45) is 3.39. The highest BCUT2D eigenvalue weighted by Crippen LogP contribution is 2.47. The second-order valence-electron chi connectivity index (χ2n) is 13.5. The molecule has 1 unspecified atom stereocenters. The van der Waals surface area contributed by atoms with E-state index in [4.69, 9.17) is 9.57 Å². The number of piperidine rings is 1. The number of hydrogen-bond acceptors (Lipinski definition) is 5. The van der Waals surface area contributed by atoms with Gasteiger partial charge < -0.3 is 4.74 Å². The molecule has 0 spiro atoms. The molecule has 4 atom stereocenters. The fourth-order valence-corrected chi connectivity index (χ4v) is 6.68. The Kier molecular flexibility index (Phi) is 8.42. The van der Waals surface area contributed by atoms with Gasteiger partial charge in [-0.3, -0.25) is 14.5 Å². The molecule has 2 saturated heterocycles. The molecule has 2 aliphatic rings. The van der Waals surface area contributed by atoms with E-state index < -0.39 is 5.60 Å². The van der Waals surface area contributed by atoms with Crippen LogP contribution in [0.3, 0.4) is 0 Å². The van der Waals surface area contributed by atoms with Crippen LogP contribution in [0.15, 0.2) is 60.7 Å². The average molecular weight is 521 g/mol. The monoisotopic (exact) mass is 520 g/mol. The quantitative estimate of drug-likeness (QED) is 0.357. The van der Waals surface area contributed by atoms with Gasteiger partial charge in [0.1, 0.15) is 5.60 Å². The van der Waals surface area contributed by atoms with Crippen molar-refractivity contribution >= 4 is 5.97 Å². The molecule has 2 aromatic rings. The van der Waals surface area contributed by atoms with Gasteiger partial charge in [0.05, 0.1) is 12.5 Å². The molecule has 4 rings (SSSR count). The van der Waals surface area contributed by atoms with Gasteiger partial charge in [0.25, 0.3) is 0 Å². The van der Waals surface area contributed by atoms with Gasteiger partial charge in [0.15, 0.2) is 0 Å². The molecule has 5 heteroatoms. The molecule has 38 heavy (non-hydrogen) atoms. The van der Waals surface area contributed by atoms with Gasteiger partial charge in [-0.1, -0.05) is 60.7 Å². The number of hydroxylamine groups is 2. The highest BCUT2D eigenvalue weighted by atomic mass is 16.7. The fourth-order valence-electron chi connectivity index (χ4n) is 6.68. The molecule has 0 saturated carbocycles. The molecule has 5 nitrogen and oxygen atoms in total. The third-order valence-corrected chi connectivity index (χ3v) is 8.34. The molecule has 0 aromatic heterocycles. The molecule has 208 valence electrons. The van der Waals surface area contributed by atoms with Crippen LogP contribution in [0.5, 0.6) is 0 Å². The number of carbonyl (C=O) groups is 1. The van der Waals surface area contributed by atoms with Crippen LogP contribution in [-0.4, -0.2) is 45.8 Å². The second-order valence-corrected chi connectivity index (χ2v) is 13.5. The summed E-state index contributed by atoms with van der Waals surface area (Å²) >= 11 is 0. The average Bonchev–Trinajstić information content (AvgIpc) is 3.22. The van der Waals surface area contributed by atoms with Crippen molar-refractivity contribution in [2.24, 2.45) is 11.8 Å². The normalized spacial score (nSPS) is 26.7. The van der Waals surface area contributed by atoms with Gasteiger partial charge in [-0.15, -0.1) is 0 Å². The number of carbonyl (C=O) groups excluding carboxylic acids is 1. The molecule has 0 radical (unpaired) electrons. The number of rotatable bonds is 7. The lowest BCUT2D eigenvalue weighted by atomic mass is 9.82. The highest BCUT2D eigenvalue weighted by molar-refractivity contribution is 5.75. The molecule has 0 bridgehead atoms. The Morgan fingerprint density at radius 1 is 0.947 bits per heavy atom. The van der Waals surface area contributed by atoms with Gasteiger partial charge in [-0.2, -0.15) is 5.06 Å².